The molecule has 0 aliphatic carbocycles. The molecule has 24 heavy (non-hydrogen) atoms. The SMILES string of the molecule is CCC(=O)ON1C(C)(C)CCC(O[N+](=O)[O-])C(O[N+](=O)[O-])C1(C)C. The summed E-state index contributed by atoms with van der Waals surface area (Å²) in [7, 11) is 0. The average molecular weight is 349 g/mol. The van der Waals surface area contributed by atoms with Gasteiger partial charge in [-0.15, -0.1) is 25.3 Å². The van der Waals surface area contributed by atoms with E-state index in [1.54, 1.807) is 34.6 Å². The van der Waals surface area contributed by atoms with Crippen molar-refractivity contribution >= 4 is 5.97 Å². The van der Waals surface area contributed by atoms with Crippen molar-refractivity contribution in [1.82, 2.24) is 5.06 Å². The highest BCUT2D eigenvalue weighted by atomic mass is 17.0. The Kier molecular flexibility index (Phi) is 5.93. The fraction of sp³-hybridized carbons (Fsp3) is 0.923. The summed E-state index contributed by atoms with van der Waals surface area (Å²) in [6.45, 7) is 8.26. The summed E-state index contributed by atoms with van der Waals surface area (Å²) in [6, 6.07) is 0. The van der Waals surface area contributed by atoms with Crippen molar-refractivity contribution in [2.75, 3.05) is 0 Å². The molecule has 1 saturated heterocycles. The van der Waals surface area contributed by atoms with E-state index < -0.39 is 39.4 Å². The number of hydrogen-bond acceptors (Lipinski definition) is 9. The predicted molar refractivity (Wildman–Crippen MR) is 79.3 cm³/mol. The average Bonchev–Trinajstić information content (AvgIpc) is 2.50. The van der Waals surface area contributed by atoms with Crippen LogP contribution >= 0.6 is 0 Å². The first kappa shape index (κ1) is 19.9. The van der Waals surface area contributed by atoms with Crippen LogP contribution in [0.4, 0.5) is 0 Å². The van der Waals surface area contributed by atoms with Gasteiger partial charge in [0.1, 0.15) is 6.10 Å². The quantitative estimate of drug-likeness (QED) is 0.518. The Morgan fingerprint density at radius 3 is 2.17 bits per heavy atom. The van der Waals surface area contributed by atoms with E-state index in [1.165, 1.54) is 5.06 Å². The Hall–Kier alpha value is -2.17. The molecule has 0 aromatic carbocycles. The van der Waals surface area contributed by atoms with Crippen molar-refractivity contribution in [3.05, 3.63) is 20.2 Å². The number of hydroxylamine groups is 2. The maximum atomic E-state index is 11.8. The molecular formula is C13H23N3O8. The minimum Gasteiger partial charge on any atom is -0.367 e. The summed E-state index contributed by atoms with van der Waals surface area (Å²) < 4.78 is 0. The minimum atomic E-state index is -1.33. The van der Waals surface area contributed by atoms with Crippen molar-refractivity contribution in [3.8, 4) is 0 Å². The van der Waals surface area contributed by atoms with Crippen molar-refractivity contribution in [3.63, 3.8) is 0 Å². The van der Waals surface area contributed by atoms with Crippen LogP contribution in [0.5, 0.6) is 0 Å². The zero-order valence-electron chi connectivity index (χ0n) is 14.4. The molecule has 0 radical (unpaired) electrons. The minimum absolute atomic E-state index is 0.109. The zero-order valence-corrected chi connectivity index (χ0v) is 14.4. The molecule has 0 N–H and O–H groups in total. The van der Waals surface area contributed by atoms with Crippen molar-refractivity contribution in [1.29, 1.82) is 0 Å². The molecule has 1 aliphatic heterocycles. The Morgan fingerprint density at radius 2 is 1.71 bits per heavy atom. The molecule has 0 aromatic rings. The molecule has 1 fully saturated rings. The molecule has 1 aliphatic rings. The van der Waals surface area contributed by atoms with Gasteiger partial charge in [0.15, 0.2) is 6.10 Å². The second kappa shape index (κ2) is 7.16. The number of carbonyl (C=O) groups excluding carboxylic acids is 1. The Morgan fingerprint density at radius 1 is 1.17 bits per heavy atom. The van der Waals surface area contributed by atoms with Gasteiger partial charge in [0, 0.05) is 6.42 Å². The van der Waals surface area contributed by atoms with Crippen LogP contribution in [-0.2, 0) is 19.3 Å². The molecule has 11 heteroatoms. The standard InChI is InChI=1S/C13H23N3O8/c1-6-10(17)23-14-12(2,3)8-7-9(22-15(18)19)11(13(14,4)5)24-16(20)21/h9,11H,6-8H2,1-5H3. The first-order valence-corrected chi connectivity index (χ1v) is 7.55. The van der Waals surface area contributed by atoms with Crippen LogP contribution in [0.2, 0.25) is 0 Å². The van der Waals surface area contributed by atoms with Crippen LogP contribution in [0.15, 0.2) is 0 Å². The monoisotopic (exact) mass is 349 g/mol. The van der Waals surface area contributed by atoms with Gasteiger partial charge in [0.25, 0.3) is 10.2 Å². The predicted octanol–water partition coefficient (Wildman–Crippen LogP) is 1.66. The number of hydrogen-bond donors (Lipinski definition) is 0. The second-order valence-electron chi connectivity index (χ2n) is 6.73. The summed E-state index contributed by atoms with van der Waals surface area (Å²) in [5.74, 6) is -0.523. The third-order valence-corrected chi connectivity index (χ3v) is 4.05. The van der Waals surface area contributed by atoms with E-state index in [0.29, 0.717) is 6.42 Å². The van der Waals surface area contributed by atoms with E-state index in [-0.39, 0.29) is 12.8 Å². The lowest BCUT2D eigenvalue weighted by Gasteiger charge is -2.46. The van der Waals surface area contributed by atoms with Gasteiger partial charge in [0.05, 0.1) is 11.1 Å². The summed E-state index contributed by atoms with van der Waals surface area (Å²) in [5, 5.41) is 20.9. The van der Waals surface area contributed by atoms with Crippen LogP contribution in [0.3, 0.4) is 0 Å². The Bertz CT molecular complexity index is 507. The normalized spacial score (nSPS) is 26.0. The molecule has 138 valence electrons. The highest BCUT2D eigenvalue weighted by molar-refractivity contribution is 5.68. The lowest BCUT2D eigenvalue weighted by molar-refractivity contribution is -0.801. The number of carbonyl (C=O) groups is 1. The molecule has 0 amide bonds. The number of rotatable bonds is 6. The van der Waals surface area contributed by atoms with Gasteiger partial charge in [-0.2, -0.15) is 0 Å². The van der Waals surface area contributed by atoms with E-state index >= 15 is 0 Å². The lowest BCUT2D eigenvalue weighted by Crippen LogP contribution is -2.62. The third kappa shape index (κ3) is 4.43. The molecule has 0 aromatic heterocycles. The summed E-state index contributed by atoms with van der Waals surface area (Å²) in [6.07, 6.45) is -1.94. The van der Waals surface area contributed by atoms with Gasteiger partial charge in [0.2, 0.25) is 0 Å². The molecule has 1 heterocycles. The molecule has 0 spiro atoms. The van der Waals surface area contributed by atoms with Crippen molar-refractivity contribution in [2.45, 2.75) is 77.2 Å². The highest BCUT2D eigenvalue weighted by Gasteiger charge is 2.54. The van der Waals surface area contributed by atoms with E-state index in [4.69, 9.17) is 9.68 Å². The van der Waals surface area contributed by atoms with Gasteiger partial charge in [-0.3, -0.25) is 4.79 Å². The van der Waals surface area contributed by atoms with E-state index in [1.807, 2.05) is 0 Å². The summed E-state index contributed by atoms with van der Waals surface area (Å²) >= 11 is 0. The van der Waals surface area contributed by atoms with Gasteiger partial charge in [-0.25, -0.2) is 0 Å². The van der Waals surface area contributed by atoms with Gasteiger partial charge < -0.3 is 14.5 Å². The smallest absolute Gasteiger partial charge is 0.324 e. The van der Waals surface area contributed by atoms with E-state index in [9.17, 15) is 25.0 Å². The van der Waals surface area contributed by atoms with Crippen LogP contribution in [-0.4, -0.2) is 44.5 Å². The Labute approximate surface area is 139 Å². The van der Waals surface area contributed by atoms with Crippen LogP contribution < -0.4 is 0 Å². The largest absolute Gasteiger partial charge is 0.367 e. The Balaban J connectivity index is 3.31. The zero-order chi connectivity index (χ0) is 18.7. The summed E-state index contributed by atoms with van der Waals surface area (Å²) in [5.41, 5.74) is -1.99. The van der Waals surface area contributed by atoms with E-state index in [0.717, 1.165) is 0 Å². The molecule has 0 saturated carbocycles. The molecule has 0 bridgehead atoms. The molecular weight excluding hydrogens is 326 g/mol. The molecule has 11 nitrogen and oxygen atoms in total. The maximum absolute atomic E-state index is 11.8. The van der Waals surface area contributed by atoms with E-state index in [2.05, 4.69) is 4.84 Å². The van der Waals surface area contributed by atoms with Gasteiger partial charge in [-0.05, 0) is 40.5 Å². The third-order valence-electron chi connectivity index (χ3n) is 4.05. The van der Waals surface area contributed by atoms with Gasteiger partial charge in [-0.1, -0.05) is 6.92 Å². The molecule has 2 unspecified atom stereocenters. The molecule has 1 rings (SSSR count). The van der Waals surface area contributed by atoms with Gasteiger partial charge >= 0.3 is 5.97 Å². The second-order valence-corrected chi connectivity index (χ2v) is 6.73. The van der Waals surface area contributed by atoms with Crippen molar-refractivity contribution in [2.24, 2.45) is 0 Å². The lowest BCUT2D eigenvalue weighted by atomic mass is 9.92. The fourth-order valence-corrected chi connectivity index (χ4v) is 3.01. The van der Waals surface area contributed by atoms with Crippen molar-refractivity contribution < 1.29 is 29.5 Å². The highest BCUT2D eigenvalue weighted by Crippen LogP contribution is 2.39. The first-order chi connectivity index (χ1) is 10.9. The maximum Gasteiger partial charge on any atom is 0.324 e. The first-order valence-electron chi connectivity index (χ1n) is 7.55. The topological polar surface area (TPSA) is 134 Å². The fourth-order valence-electron chi connectivity index (χ4n) is 3.01. The van der Waals surface area contributed by atoms with Crippen LogP contribution in [0, 0.1) is 20.2 Å². The number of nitrogens with zero attached hydrogens (tertiary/aromatic N) is 3. The van der Waals surface area contributed by atoms with Crippen LogP contribution in [0.25, 0.3) is 0 Å². The molecule has 2 atom stereocenters. The summed E-state index contributed by atoms with van der Waals surface area (Å²) in [4.78, 5) is 48.1. The van der Waals surface area contributed by atoms with Crippen LogP contribution in [0.1, 0.15) is 53.9 Å².